The second kappa shape index (κ2) is 22.9. The molecule has 2 aromatic carbocycles. The van der Waals surface area contributed by atoms with Crippen molar-refractivity contribution in [3.8, 4) is 0 Å². The molecule has 18 heteroatoms. The van der Waals surface area contributed by atoms with Gasteiger partial charge in [0, 0.05) is 42.7 Å². The molecule has 3 atom stereocenters. The summed E-state index contributed by atoms with van der Waals surface area (Å²) < 4.78 is 0. The largest absolute Gasteiger partial charge is 0.387 e. The Hall–Kier alpha value is -5.91. The monoisotopic (exact) mass is 749 g/mol. The van der Waals surface area contributed by atoms with E-state index in [2.05, 4.69) is 41.7 Å². The lowest BCUT2D eigenvalue weighted by molar-refractivity contribution is -0.117. The summed E-state index contributed by atoms with van der Waals surface area (Å²) >= 11 is 0. The molecule has 0 saturated carbocycles. The number of nitrogens with zero attached hydrogens (tertiary/aromatic N) is 4. The molecule has 2 aromatic rings. The van der Waals surface area contributed by atoms with E-state index < -0.39 is 0 Å². The predicted molar refractivity (Wildman–Crippen MR) is 220 cm³/mol. The lowest BCUT2D eigenvalue weighted by atomic mass is 9.96. The smallest absolute Gasteiger partial charge is 0.224 e. The van der Waals surface area contributed by atoms with Gasteiger partial charge in [0.05, 0.1) is 18.3 Å². The van der Waals surface area contributed by atoms with Crippen molar-refractivity contribution in [2.75, 3.05) is 23.7 Å². The second-order valence-electron chi connectivity index (χ2n) is 13.3. The Bertz CT molecular complexity index is 1630. The van der Waals surface area contributed by atoms with Gasteiger partial charge in [0.25, 0.3) is 0 Å². The standard InChI is InChI=1S/C36H60N16O2/c1-21(19-46-34(39)40)25-13-27(23(3)49-51-35(41)42)17-29(15-25)47-32(53)11-9-7-5-6-8-10-12-33(54)48-30-16-26(22(2)45-20-31(37)38)14-28(18-30)24(4)50-52-36(43)44/h13-18,21-23,45,49H,5-12,19-20H2,1-4H3,(H3,37,38)(H,47,53)(H,48,54)(H4,39,40,46)(H4,41,42,51)(H4,43,44,52)/b50-24+. The number of hydrogen-bond acceptors (Lipinski definition) is 9. The Balaban J connectivity index is 1.87. The van der Waals surface area contributed by atoms with Crippen LogP contribution < -0.4 is 61.5 Å². The number of aliphatic imine (C=N–C) groups is 1. The molecule has 0 aromatic heterocycles. The molecule has 0 saturated heterocycles. The van der Waals surface area contributed by atoms with E-state index in [1.165, 1.54) is 0 Å². The summed E-state index contributed by atoms with van der Waals surface area (Å²) in [5.74, 6) is -0.393. The minimum atomic E-state index is -0.231. The summed E-state index contributed by atoms with van der Waals surface area (Å²) in [4.78, 5) is 29.9. The van der Waals surface area contributed by atoms with Crippen molar-refractivity contribution in [2.45, 2.75) is 97.1 Å². The molecule has 19 N–H and O–H groups in total. The molecule has 2 amide bonds. The second-order valence-corrected chi connectivity index (χ2v) is 13.3. The summed E-state index contributed by atoms with van der Waals surface area (Å²) in [5.41, 5.74) is 46.6. The molecule has 0 spiro atoms. The van der Waals surface area contributed by atoms with Gasteiger partial charge in [0.2, 0.25) is 23.7 Å². The highest BCUT2D eigenvalue weighted by atomic mass is 16.2. The van der Waals surface area contributed by atoms with Crippen molar-refractivity contribution in [3.63, 3.8) is 0 Å². The first kappa shape index (κ1) is 44.3. The van der Waals surface area contributed by atoms with Crippen LogP contribution in [-0.4, -0.2) is 54.3 Å². The van der Waals surface area contributed by atoms with Gasteiger partial charge < -0.3 is 56.1 Å². The minimum Gasteiger partial charge on any atom is -0.387 e. The van der Waals surface area contributed by atoms with E-state index in [1.54, 1.807) is 6.92 Å². The summed E-state index contributed by atoms with van der Waals surface area (Å²) in [7, 11) is 0. The first-order valence-corrected chi connectivity index (χ1v) is 18.0. The van der Waals surface area contributed by atoms with E-state index in [9.17, 15) is 9.59 Å². The number of hydrazone groups is 1. The topological polar surface area (TPSA) is 338 Å². The highest BCUT2D eigenvalue weighted by Crippen LogP contribution is 2.27. The third-order valence-electron chi connectivity index (χ3n) is 8.39. The van der Waals surface area contributed by atoms with Crippen molar-refractivity contribution in [1.82, 2.24) is 10.7 Å². The Labute approximate surface area is 317 Å². The van der Waals surface area contributed by atoms with Gasteiger partial charge in [-0.2, -0.15) is 5.10 Å². The molecule has 0 fully saturated rings. The van der Waals surface area contributed by atoms with Gasteiger partial charge in [-0.05, 0) is 86.2 Å². The molecule has 0 aliphatic carbocycles. The molecular formula is C36H60N16O2. The van der Waals surface area contributed by atoms with E-state index in [1.807, 2.05) is 57.2 Å². The van der Waals surface area contributed by atoms with Gasteiger partial charge in [-0.15, -0.1) is 10.2 Å². The maximum Gasteiger partial charge on any atom is 0.224 e. The molecule has 0 bridgehead atoms. The number of unbranched alkanes of at least 4 members (excludes halogenated alkanes) is 5. The molecule has 0 heterocycles. The third-order valence-corrected chi connectivity index (χ3v) is 8.39. The number of carbonyl (C=O) groups excluding carboxylic acids is 2. The predicted octanol–water partition coefficient (Wildman–Crippen LogP) is 2.18. The Morgan fingerprint density at radius 1 is 0.667 bits per heavy atom. The van der Waals surface area contributed by atoms with Crippen molar-refractivity contribution in [1.29, 1.82) is 5.41 Å². The zero-order valence-corrected chi connectivity index (χ0v) is 31.9. The SMILES string of the molecule is C/C(=N\N=C(N)N)c1cc(NC(=O)CCCCCCCCC(=O)Nc2cc(C(C)CN=C(N)N)cc(C(C)NN=C(N)N)c2)cc(C(C)NCC(=N)N)c1. The number of amides is 2. The molecule has 0 radical (unpaired) electrons. The van der Waals surface area contributed by atoms with Crippen LogP contribution in [0.1, 0.15) is 119 Å². The van der Waals surface area contributed by atoms with E-state index in [0.29, 0.717) is 36.5 Å². The molecule has 2 rings (SSSR count). The number of anilines is 2. The summed E-state index contributed by atoms with van der Waals surface area (Å²) in [6.07, 6.45) is 5.92. The highest BCUT2D eigenvalue weighted by Gasteiger charge is 2.15. The number of nitrogens with one attached hydrogen (secondary N) is 5. The van der Waals surface area contributed by atoms with Gasteiger partial charge in [0.1, 0.15) is 5.84 Å². The lowest BCUT2D eigenvalue weighted by Crippen LogP contribution is -2.30. The molecule has 3 unspecified atom stereocenters. The molecule has 296 valence electrons. The average molecular weight is 749 g/mol. The fraction of sp³-hybridized carbons (Fsp3) is 0.472. The molecule has 54 heavy (non-hydrogen) atoms. The van der Waals surface area contributed by atoms with Gasteiger partial charge in [-0.25, -0.2) is 0 Å². The van der Waals surface area contributed by atoms with Gasteiger partial charge in [-0.3, -0.25) is 25.4 Å². The van der Waals surface area contributed by atoms with Crippen LogP contribution >= 0.6 is 0 Å². The first-order valence-electron chi connectivity index (χ1n) is 18.0. The van der Waals surface area contributed by atoms with Crippen LogP contribution in [-0.2, 0) is 9.59 Å². The fourth-order valence-corrected chi connectivity index (χ4v) is 5.36. The van der Waals surface area contributed by atoms with Crippen LogP contribution in [0.15, 0.2) is 56.7 Å². The maximum atomic E-state index is 12.9. The van der Waals surface area contributed by atoms with Crippen LogP contribution in [0.3, 0.4) is 0 Å². The van der Waals surface area contributed by atoms with Crippen LogP contribution in [0.2, 0.25) is 0 Å². The third kappa shape index (κ3) is 17.5. The molecule has 0 aliphatic rings. The van der Waals surface area contributed by atoms with E-state index in [0.717, 1.165) is 60.8 Å². The van der Waals surface area contributed by atoms with Crippen molar-refractivity contribution >= 4 is 52.6 Å². The van der Waals surface area contributed by atoms with Crippen molar-refractivity contribution in [3.05, 3.63) is 58.7 Å². The molecular weight excluding hydrogens is 689 g/mol. The Kier molecular flexibility index (Phi) is 18.8. The fourth-order valence-electron chi connectivity index (χ4n) is 5.36. The van der Waals surface area contributed by atoms with Crippen LogP contribution in [0.4, 0.5) is 11.4 Å². The summed E-state index contributed by atoms with van der Waals surface area (Å²) in [5, 5.41) is 28.4. The number of benzene rings is 2. The normalized spacial score (nSPS) is 12.8. The Morgan fingerprint density at radius 3 is 1.74 bits per heavy atom. The van der Waals surface area contributed by atoms with Gasteiger partial charge in [0.15, 0.2) is 5.96 Å². The molecule has 18 nitrogen and oxygen atoms in total. The van der Waals surface area contributed by atoms with Crippen molar-refractivity contribution < 1.29 is 9.59 Å². The van der Waals surface area contributed by atoms with E-state index >= 15 is 0 Å². The number of hydrogen-bond donors (Lipinski definition) is 12. The number of guanidine groups is 3. The first-order chi connectivity index (χ1) is 25.5. The quantitative estimate of drug-likeness (QED) is 0.0338. The number of nitrogens with two attached hydrogens (primary N) is 7. The summed E-state index contributed by atoms with van der Waals surface area (Å²) in [6.45, 7) is 8.24. The number of carbonyl (C=O) groups is 2. The minimum absolute atomic E-state index is 0.00837. The Morgan fingerprint density at radius 2 is 1.20 bits per heavy atom. The van der Waals surface area contributed by atoms with Crippen LogP contribution in [0.5, 0.6) is 0 Å². The van der Waals surface area contributed by atoms with E-state index in [-0.39, 0.29) is 60.1 Å². The average Bonchev–Trinajstić information content (AvgIpc) is 3.11. The van der Waals surface area contributed by atoms with Crippen molar-refractivity contribution in [2.24, 2.45) is 60.4 Å². The summed E-state index contributed by atoms with van der Waals surface area (Å²) in [6, 6.07) is 11.0. The molecule has 0 aliphatic heterocycles. The zero-order chi connectivity index (χ0) is 40.2. The number of rotatable bonds is 23. The highest BCUT2D eigenvalue weighted by molar-refractivity contribution is 6.01. The van der Waals surface area contributed by atoms with Crippen LogP contribution in [0.25, 0.3) is 0 Å². The van der Waals surface area contributed by atoms with Crippen LogP contribution in [0, 0.1) is 5.41 Å². The number of amidine groups is 1. The van der Waals surface area contributed by atoms with E-state index in [4.69, 9.17) is 45.5 Å². The van der Waals surface area contributed by atoms with Gasteiger partial charge in [-0.1, -0.05) is 38.7 Å². The van der Waals surface area contributed by atoms with Gasteiger partial charge >= 0.3 is 0 Å². The zero-order valence-electron chi connectivity index (χ0n) is 31.9. The maximum absolute atomic E-state index is 12.9. The lowest BCUT2D eigenvalue weighted by Gasteiger charge is -2.18.